The second kappa shape index (κ2) is 8.73. The molecule has 1 atom stereocenters. The van der Waals surface area contributed by atoms with Crippen molar-refractivity contribution >= 4 is 17.0 Å². The van der Waals surface area contributed by atoms with Crippen LogP contribution in [0, 0.1) is 5.92 Å². The lowest BCUT2D eigenvalue weighted by molar-refractivity contribution is 0.107. The van der Waals surface area contributed by atoms with Gasteiger partial charge in [-0.15, -0.1) is 0 Å². The van der Waals surface area contributed by atoms with E-state index in [1.807, 2.05) is 37.3 Å². The number of nitrogens with one attached hydrogen (secondary N) is 1. The van der Waals surface area contributed by atoms with Gasteiger partial charge in [-0.1, -0.05) is 32.0 Å². The quantitative estimate of drug-likeness (QED) is 0.737. The summed E-state index contributed by atoms with van der Waals surface area (Å²) in [6.07, 6.45) is 0.811. The van der Waals surface area contributed by atoms with Crippen molar-refractivity contribution < 1.29 is 13.9 Å². The van der Waals surface area contributed by atoms with Crippen LogP contribution >= 0.6 is 0 Å². The van der Waals surface area contributed by atoms with Crippen LogP contribution in [-0.4, -0.2) is 37.7 Å². The van der Waals surface area contributed by atoms with E-state index >= 15 is 0 Å². The predicted octanol–water partition coefficient (Wildman–Crippen LogP) is 4.20. The lowest BCUT2D eigenvalue weighted by Gasteiger charge is -2.23. The third-order valence-electron chi connectivity index (χ3n) is 3.95. The fraction of sp³-hybridized carbons (Fsp3) is 0.526. The van der Waals surface area contributed by atoms with Gasteiger partial charge in [0, 0.05) is 32.2 Å². The molecular weight excluding hydrogens is 304 g/mol. The monoisotopic (exact) mass is 332 g/mol. The Morgan fingerprint density at radius 3 is 2.75 bits per heavy atom. The van der Waals surface area contributed by atoms with Crippen LogP contribution in [0.4, 0.5) is 4.79 Å². The number of benzene rings is 1. The molecule has 0 aliphatic carbocycles. The van der Waals surface area contributed by atoms with Gasteiger partial charge in [-0.25, -0.2) is 4.79 Å². The number of carbonyl (C=O) groups is 1. The van der Waals surface area contributed by atoms with Crippen molar-refractivity contribution in [3.8, 4) is 0 Å². The molecule has 2 aromatic rings. The molecule has 0 aliphatic rings. The van der Waals surface area contributed by atoms with E-state index < -0.39 is 0 Å². The zero-order chi connectivity index (χ0) is 17.5. The minimum absolute atomic E-state index is 0.105. The summed E-state index contributed by atoms with van der Waals surface area (Å²) in [6, 6.07) is 9.61. The number of amides is 2. The molecule has 2 rings (SSSR count). The Kier molecular flexibility index (Phi) is 6.67. The molecule has 0 radical (unpaired) electrons. The van der Waals surface area contributed by atoms with E-state index in [-0.39, 0.29) is 12.1 Å². The third-order valence-corrected chi connectivity index (χ3v) is 3.95. The average molecular weight is 332 g/mol. The van der Waals surface area contributed by atoms with Gasteiger partial charge in [-0.3, -0.25) is 0 Å². The van der Waals surface area contributed by atoms with Crippen molar-refractivity contribution in [1.82, 2.24) is 10.2 Å². The summed E-state index contributed by atoms with van der Waals surface area (Å²) < 4.78 is 11.3. The number of hydrogen-bond donors (Lipinski definition) is 1. The summed E-state index contributed by atoms with van der Waals surface area (Å²) in [5.41, 5.74) is 0.843. The van der Waals surface area contributed by atoms with Crippen LogP contribution in [0.2, 0.25) is 0 Å². The Hall–Kier alpha value is -2.01. The lowest BCUT2D eigenvalue weighted by Crippen LogP contribution is -2.39. The maximum absolute atomic E-state index is 12.2. The van der Waals surface area contributed by atoms with Crippen molar-refractivity contribution in [2.45, 2.75) is 33.2 Å². The number of urea groups is 1. The molecular formula is C19H28N2O3. The van der Waals surface area contributed by atoms with Gasteiger partial charge in [0.25, 0.3) is 0 Å². The fourth-order valence-electron chi connectivity index (χ4n) is 2.39. The lowest BCUT2D eigenvalue weighted by atomic mass is 10.2. The number of fused-ring (bicyclic) bond motifs is 1. The molecule has 0 fully saturated rings. The SMILES string of the molecule is CC(C)COCCCNC(=O)N(C)C(C)c1cc2ccccc2o1. The molecule has 5 heteroatoms. The Morgan fingerprint density at radius 2 is 2.04 bits per heavy atom. The number of hydrogen-bond acceptors (Lipinski definition) is 3. The van der Waals surface area contributed by atoms with E-state index in [9.17, 15) is 4.79 Å². The van der Waals surface area contributed by atoms with E-state index in [0.717, 1.165) is 29.8 Å². The van der Waals surface area contributed by atoms with Gasteiger partial charge in [0.15, 0.2) is 0 Å². The molecule has 0 spiro atoms. The highest BCUT2D eigenvalue weighted by atomic mass is 16.5. The molecule has 1 unspecified atom stereocenters. The van der Waals surface area contributed by atoms with Crippen molar-refractivity contribution in [3.63, 3.8) is 0 Å². The standard InChI is InChI=1S/C19H28N2O3/c1-14(2)13-23-11-7-10-20-19(22)21(4)15(3)18-12-16-8-5-6-9-17(16)24-18/h5-6,8-9,12,14-15H,7,10-11,13H2,1-4H3,(H,20,22). The highest BCUT2D eigenvalue weighted by molar-refractivity contribution is 5.78. The number of nitrogens with zero attached hydrogens (tertiary/aromatic N) is 1. The molecule has 0 bridgehead atoms. The van der Waals surface area contributed by atoms with Gasteiger partial charge < -0.3 is 19.4 Å². The zero-order valence-electron chi connectivity index (χ0n) is 15.0. The molecule has 132 valence electrons. The Balaban J connectivity index is 1.79. The molecule has 1 aromatic carbocycles. The van der Waals surface area contributed by atoms with E-state index in [0.29, 0.717) is 19.1 Å². The molecule has 1 heterocycles. The van der Waals surface area contributed by atoms with E-state index in [4.69, 9.17) is 9.15 Å². The molecule has 0 saturated carbocycles. The molecule has 24 heavy (non-hydrogen) atoms. The molecule has 1 aromatic heterocycles. The first-order valence-corrected chi connectivity index (χ1v) is 8.56. The number of ether oxygens (including phenoxy) is 1. The molecule has 1 N–H and O–H groups in total. The Bertz CT molecular complexity index is 618. The Labute approximate surface area is 144 Å². The summed E-state index contributed by atoms with van der Waals surface area (Å²) in [6.45, 7) is 8.24. The van der Waals surface area contributed by atoms with Crippen LogP contribution in [0.1, 0.15) is 39.0 Å². The highest BCUT2D eigenvalue weighted by Gasteiger charge is 2.20. The molecule has 5 nitrogen and oxygen atoms in total. The first-order chi connectivity index (χ1) is 11.5. The van der Waals surface area contributed by atoms with Crippen LogP contribution in [0.15, 0.2) is 34.7 Å². The van der Waals surface area contributed by atoms with Crippen LogP contribution < -0.4 is 5.32 Å². The van der Waals surface area contributed by atoms with Gasteiger partial charge in [0.05, 0.1) is 6.04 Å². The summed E-state index contributed by atoms with van der Waals surface area (Å²) >= 11 is 0. The van der Waals surface area contributed by atoms with Gasteiger partial charge in [0.1, 0.15) is 11.3 Å². The minimum atomic E-state index is -0.130. The maximum atomic E-state index is 12.2. The minimum Gasteiger partial charge on any atom is -0.459 e. The molecule has 2 amide bonds. The summed E-state index contributed by atoms with van der Waals surface area (Å²) in [5, 5.41) is 3.97. The summed E-state index contributed by atoms with van der Waals surface area (Å²) in [5.74, 6) is 1.32. The van der Waals surface area contributed by atoms with Crippen LogP contribution in [0.5, 0.6) is 0 Å². The summed E-state index contributed by atoms with van der Waals surface area (Å²) in [7, 11) is 1.78. The van der Waals surface area contributed by atoms with Gasteiger partial charge in [-0.05, 0) is 31.4 Å². The third kappa shape index (κ3) is 4.99. The van der Waals surface area contributed by atoms with Crippen molar-refractivity contribution in [3.05, 3.63) is 36.1 Å². The second-order valence-corrected chi connectivity index (χ2v) is 6.53. The van der Waals surface area contributed by atoms with Crippen molar-refractivity contribution in [2.24, 2.45) is 5.92 Å². The summed E-state index contributed by atoms with van der Waals surface area (Å²) in [4.78, 5) is 13.9. The smallest absolute Gasteiger partial charge is 0.317 e. The predicted molar refractivity (Wildman–Crippen MR) is 96.1 cm³/mol. The van der Waals surface area contributed by atoms with Gasteiger partial charge in [-0.2, -0.15) is 0 Å². The number of furan rings is 1. The van der Waals surface area contributed by atoms with Crippen molar-refractivity contribution in [1.29, 1.82) is 0 Å². The number of para-hydroxylation sites is 1. The van der Waals surface area contributed by atoms with E-state index in [1.165, 1.54) is 0 Å². The molecule has 0 saturated heterocycles. The van der Waals surface area contributed by atoms with Crippen LogP contribution in [0.3, 0.4) is 0 Å². The van der Waals surface area contributed by atoms with Crippen molar-refractivity contribution in [2.75, 3.05) is 26.8 Å². The fourth-order valence-corrected chi connectivity index (χ4v) is 2.39. The highest BCUT2D eigenvalue weighted by Crippen LogP contribution is 2.26. The molecule has 0 aliphatic heterocycles. The van der Waals surface area contributed by atoms with E-state index in [1.54, 1.807) is 11.9 Å². The number of rotatable bonds is 8. The largest absolute Gasteiger partial charge is 0.459 e. The van der Waals surface area contributed by atoms with Gasteiger partial charge in [0.2, 0.25) is 0 Å². The Morgan fingerprint density at radius 1 is 1.29 bits per heavy atom. The average Bonchev–Trinajstić information content (AvgIpc) is 3.00. The van der Waals surface area contributed by atoms with Gasteiger partial charge >= 0.3 is 6.03 Å². The second-order valence-electron chi connectivity index (χ2n) is 6.53. The number of carbonyl (C=O) groups excluding carboxylic acids is 1. The maximum Gasteiger partial charge on any atom is 0.317 e. The zero-order valence-corrected chi connectivity index (χ0v) is 15.0. The first-order valence-electron chi connectivity index (χ1n) is 8.56. The van der Waals surface area contributed by atoms with E-state index in [2.05, 4.69) is 19.2 Å². The first kappa shape index (κ1) is 18.3. The topological polar surface area (TPSA) is 54.7 Å². The van der Waals surface area contributed by atoms with Crippen LogP contribution in [-0.2, 0) is 4.74 Å². The normalized spacial score (nSPS) is 12.5. The van der Waals surface area contributed by atoms with Crippen LogP contribution in [0.25, 0.3) is 11.0 Å².